The zero-order chi connectivity index (χ0) is 18.9. The zero-order valence-corrected chi connectivity index (χ0v) is 15.7. The number of nitrogens with zero attached hydrogens (tertiary/aromatic N) is 2. The van der Waals surface area contributed by atoms with Crippen LogP contribution in [-0.2, 0) is 4.74 Å². The van der Waals surface area contributed by atoms with E-state index in [-0.39, 0.29) is 12.0 Å². The van der Waals surface area contributed by atoms with Crippen molar-refractivity contribution in [2.75, 3.05) is 33.3 Å². The predicted molar refractivity (Wildman–Crippen MR) is 98.6 cm³/mol. The summed E-state index contributed by atoms with van der Waals surface area (Å²) in [6, 6.07) is 7.47. The molecule has 2 heterocycles. The minimum absolute atomic E-state index is 0.0768. The summed E-state index contributed by atoms with van der Waals surface area (Å²) in [5.74, 6) is 0.652. The van der Waals surface area contributed by atoms with Crippen LogP contribution in [-0.4, -0.2) is 65.7 Å². The number of rotatable bonds is 2. The lowest BCUT2D eigenvalue weighted by atomic mass is 10.2. The Bertz CT molecular complexity index is 814. The lowest BCUT2D eigenvalue weighted by Crippen LogP contribution is -2.51. The van der Waals surface area contributed by atoms with E-state index in [0.29, 0.717) is 31.9 Å². The van der Waals surface area contributed by atoms with Gasteiger partial charge in [0.2, 0.25) is 0 Å². The van der Waals surface area contributed by atoms with E-state index in [2.05, 4.69) is 4.98 Å². The van der Waals surface area contributed by atoms with Gasteiger partial charge in [-0.15, -0.1) is 0 Å². The highest BCUT2D eigenvalue weighted by Crippen LogP contribution is 2.26. The molecule has 3 rings (SSSR count). The maximum Gasteiger partial charge on any atom is 0.410 e. The molecule has 0 aliphatic carbocycles. The predicted octanol–water partition coefficient (Wildman–Crippen LogP) is 2.87. The van der Waals surface area contributed by atoms with Crippen LogP contribution in [0.15, 0.2) is 24.3 Å². The Hall–Kier alpha value is -2.70. The van der Waals surface area contributed by atoms with Crippen molar-refractivity contribution in [1.29, 1.82) is 0 Å². The molecule has 7 heteroatoms. The number of ether oxygens (including phenoxy) is 2. The van der Waals surface area contributed by atoms with E-state index < -0.39 is 5.60 Å². The molecule has 1 N–H and O–H groups in total. The Labute approximate surface area is 152 Å². The monoisotopic (exact) mass is 359 g/mol. The molecule has 1 saturated heterocycles. The Morgan fingerprint density at radius 1 is 1.08 bits per heavy atom. The molecule has 1 fully saturated rings. The Morgan fingerprint density at radius 2 is 1.73 bits per heavy atom. The molecule has 1 aliphatic rings. The number of fused-ring (bicyclic) bond motifs is 1. The lowest BCUT2D eigenvalue weighted by molar-refractivity contribution is 0.0140. The van der Waals surface area contributed by atoms with Gasteiger partial charge in [-0.05, 0) is 39.0 Å². The van der Waals surface area contributed by atoms with Crippen LogP contribution in [0, 0.1) is 0 Å². The number of aromatic nitrogens is 1. The SMILES string of the molecule is COc1cccc2[nH]c(C(=O)N3CCN(C(=O)OC(C)(C)C)CC3)cc12. The van der Waals surface area contributed by atoms with Crippen molar-refractivity contribution in [2.24, 2.45) is 0 Å². The molecule has 0 atom stereocenters. The lowest BCUT2D eigenvalue weighted by Gasteiger charge is -2.35. The minimum Gasteiger partial charge on any atom is -0.496 e. The molecule has 140 valence electrons. The van der Waals surface area contributed by atoms with Gasteiger partial charge in [0.25, 0.3) is 5.91 Å². The summed E-state index contributed by atoms with van der Waals surface area (Å²) in [6.45, 7) is 7.40. The second kappa shape index (κ2) is 6.90. The number of aromatic amines is 1. The largest absolute Gasteiger partial charge is 0.496 e. The van der Waals surface area contributed by atoms with Crippen molar-refractivity contribution in [3.05, 3.63) is 30.0 Å². The molecule has 0 radical (unpaired) electrons. The topological polar surface area (TPSA) is 74.9 Å². The van der Waals surface area contributed by atoms with E-state index in [0.717, 1.165) is 16.7 Å². The van der Waals surface area contributed by atoms with Crippen LogP contribution in [0.4, 0.5) is 4.79 Å². The summed E-state index contributed by atoms with van der Waals surface area (Å²) in [5, 5.41) is 0.880. The Morgan fingerprint density at radius 3 is 2.35 bits per heavy atom. The van der Waals surface area contributed by atoms with Crippen LogP contribution in [0.1, 0.15) is 31.3 Å². The van der Waals surface area contributed by atoms with Crippen molar-refractivity contribution in [1.82, 2.24) is 14.8 Å². The molecule has 26 heavy (non-hydrogen) atoms. The van der Waals surface area contributed by atoms with E-state index in [1.165, 1.54) is 0 Å². The summed E-state index contributed by atoms with van der Waals surface area (Å²) in [6.07, 6.45) is -0.333. The van der Waals surface area contributed by atoms with Crippen LogP contribution < -0.4 is 4.74 Å². The average molecular weight is 359 g/mol. The van der Waals surface area contributed by atoms with Crippen LogP contribution in [0.25, 0.3) is 10.9 Å². The second-order valence-electron chi connectivity index (χ2n) is 7.36. The molecular formula is C19H25N3O4. The van der Waals surface area contributed by atoms with Crippen LogP contribution in [0.5, 0.6) is 5.75 Å². The third kappa shape index (κ3) is 3.76. The Kier molecular flexibility index (Phi) is 4.80. The number of hydrogen-bond donors (Lipinski definition) is 1. The van der Waals surface area contributed by atoms with Crippen LogP contribution in [0.3, 0.4) is 0 Å². The van der Waals surface area contributed by atoms with Crippen molar-refractivity contribution in [3.8, 4) is 5.75 Å². The molecule has 2 amide bonds. The summed E-state index contributed by atoms with van der Waals surface area (Å²) in [7, 11) is 1.61. The number of H-pyrrole nitrogens is 1. The second-order valence-corrected chi connectivity index (χ2v) is 7.36. The fraction of sp³-hybridized carbons (Fsp3) is 0.474. The summed E-state index contributed by atoms with van der Waals surface area (Å²) in [5.41, 5.74) is 0.864. The van der Waals surface area contributed by atoms with Gasteiger partial charge >= 0.3 is 6.09 Å². The molecule has 7 nitrogen and oxygen atoms in total. The van der Waals surface area contributed by atoms with Gasteiger partial charge in [-0.3, -0.25) is 4.79 Å². The minimum atomic E-state index is -0.520. The first-order chi connectivity index (χ1) is 12.3. The Balaban J connectivity index is 1.66. The van der Waals surface area contributed by atoms with Gasteiger partial charge < -0.3 is 24.3 Å². The van der Waals surface area contributed by atoms with E-state index in [4.69, 9.17) is 9.47 Å². The number of carbonyl (C=O) groups is 2. The maximum atomic E-state index is 12.8. The van der Waals surface area contributed by atoms with Gasteiger partial charge in [0, 0.05) is 37.1 Å². The van der Waals surface area contributed by atoms with Crippen molar-refractivity contribution in [2.45, 2.75) is 26.4 Å². The summed E-state index contributed by atoms with van der Waals surface area (Å²) < 4.78 is 10.7. The maximum absolute atomic E-state index is 12.8. The number of hydrogen-bond acceptors (Lipinski definition) is 4. The van der Waals surface area contributed by atoms with Gasteiger partial charge in [0.15, 0.2) is 0 Å². The van der Waals surface area contributed by atoms with Crippen molar-refractivity contribution < 1.29 is 19.1 Å². The number of methoxy groups -OCH3 is 1. The standard InChI is InChI=1S/C19H25N3O4/c1-19(2,3)26-18(24)22-10-8-21(9-11-22)17(23)15-12-13-14(20-15)6-5-7-16(13)25-4/h5-7,12,20H,8-11H2,1-4H3. The van der Waals surface area contributed by atoms with Gasteiger partial charge in [-0.25, -0.2) is 4.79 Å². The molecular weight excluding hydrogens is 334 g/mol. The van der Waals surface area contributed by atoms with Gasteiger partial charge in [0.1, 0.15) is 17.0 Å². The molecule has 0 saturated carbocycles. The number of carbonyl (C=O) groups excluding carboxylic acids is 2. The molecule has 0 spiro atoms. The highest BCUT2D eigenvalue weighted by molar-refractivity contribution is 5.99. The smallest absolute Gasteiger partial charge is 0.410 e. The third-order valence-corrected chi connectivity index (χ3v) is 4.29. The van der Waals surface area contributed by atoms with E-state index in [9.17, 15) is 9.59 Å². The van der Waals surface area contributed by atoms with Gasteiger partial charge in [0.05, 0.1) is 7.11 Å². The fourth-order valence-corrected chi connectivity index (χ4v) is 3.01. The first-order valence-electron chi connectivity index (χ1n) is 8.71. The molecule has 0 unspecified atom stereocenters. The normalized spacial score (nSPS) is 15.2. The molecule has 2 aromatic rings. The highest BCUT2D eigenvalue weighted by Gasteiger charge is 2.28. The van der Waals surface area contributed by atoms with Crippen LogP contribution >= 0.6 is 0 Å². The molecule has 0 bridgehead atoms. The average Bonchev–Trinajstić information content (AvgIpc) is 3.04. The highest BCUT2D eigenvalue weighted by atomic mass is 16.6. The van der Waals surface area contributed by atoms with E-state index in [1.54, 1.807) is 16.9 Å². The van der Waals surface area contributed by atoms with Gasteiger partial charge in [-0.1, -0.05) is 6.07 Å². The van der Waals surface area contributed by atoms with Crippen molar-refractivity contribution >= 4 is 22.9 Å². The van der Waals surface area contributed by atoms with Crippen molar-refractivity contribution in [3.63, 3.8) is 0 Å². The summed E-state index contributed by atoms with van der Waals surface area (Å²) in [4.78, 5) is 31.5. The number of nitrogens with one attached hydrogen (secondary N) is 1. The quantitative estimate of drug-likeness (QED) is 0.895. The molecule has 1 aromatic heterocycles. The van der Waals surface area contributed by atoms with Gasteiger partial charge in [-0.2, -0.15) is 0 Å². The van der Waals surface area contributed by atoms with Crippen LogP contribution in [0.2, 0.25) is 0 Å². The first-order valence-corrected chi connectivity index (χ1v) is 8.71. The van der Waals surface area contributed by atoms with E-state index in [1.807, 2.05) is 45.0 Å². The molecule has 1 aromatic carbocycles. The molecule has 1 aliphatic heterocycles. The fourth-order valence-electron chi connectivity index (χ4n) is 3.01. The summed E-state index contributed by atoms with van der Waals surface area (Å²) >= 11 is 0. The number of piperazine rings is 1. The number of benzene rings is 1. The number of amides is 2. The zero-order valence-electron chi connectivity index (χ0n) is 15.7. The van der Waals surface area contributed by atoms with E-state index >= 15 is 0 Å². The first kappa shape index (κ1) is 18.1. The third-order valence-electron chi connectivity index (χ3n) is 4.29.